The van der Waals surface area contributed by atoms with E-state index in [1.54, 1.807) is 19.1 Å². The Labute approximate surface area is 92.9 Å². The van der Waals surface area contributed by atoms with E-state index >= 15 is 0 Å². The Hall–Kier alpha value is -1.69. The van der Waals surface area contributed by atoms with E-state index in [4.69, 9.17) is 9.84 Å². The summed E-state index contributed by atoms with van der Waals surface area (Å²) in [5.74, 6) is 0.198. The molecule has 0 atom stereocenters. The van der Waals surface area contributed by atoms with Crippen molar-refractivity contribution in [1.29, 1.82) is 0 Å². The van der Waals surface area contributed by atoms with Crippen LogP contribution in [-0.4, -0.2) is 47.1 Å². The molecule has 0 amide bonds. The Kier molecular flexibility index (Phi) is 3.00. The van der Waals surface area contributed by atoms with Crippen molar-refractivity contribution < 1.29 is 14.6 Å². The van der Waals surface area contributed by atoms with Crippen molar-refractivity contribution in [3.05, 3.63) is 17.8 Å². The number of nitrogens with zero attached hydrogens (tertiary/aromatic N) is 3. The molecule has 0 bridgehead atoms. The average molecular weight is 223 g/mol. The fraction of sp³-hybridized carbons (Fsp3) is 0.500. The normalized spacial score (nSPS) is 15.8. The molecule has 0 spiro atoms. The van der Waals surface area contributed by atoms with Gasteiger partial charge in [0.05, 0.1) is 12.7 Å². The van der Waals surface area contributed by atoms with Crippen LogP contribution in [0.4, 0.5) is 5.82 Å². The quantitative estimate of drug-likeness (QED) is 0.717. The molecule has 1 saturated heterocycles. The standard InChI is InChI=1S/C10H13N3O3/c1-2-16-10(15)8-3-4-9(12-11-8)13-5-7(14)6-13/h3-4,7,14H,2,5-6H2,1H3. The van der Waals surface area contributed by atoms with Gasteiger partial charge in [0, 0.05) is 13.1 Å². The molecule has 1 aromatic heterocycles. The van der Waals surface area contributed by atoms with Gasteiger partial charge in [0.25, 0.3) is 0 Å². The summed E-state index contributed by atoms with van der Waals surface area (Å²) >= 11 is 0. The molecule has 2 rings (SSSR count). The number of aromatic nitrogens is 2. The molecule has 6 heteroatoms. The van der Waals surface area contributed by atoms with E-state index in [2.05, 4.69) is 10.2 Å². The van der Waals surface area contributed by atoms with Gasteiger partial charge in [-0.25, -0.2) is 4.79 Å². The van der Waals surface area contributed by atoms with Gasteiger partial charge in [-0.15, -0.1) is 10.2 Å². The van der Waals surface area contributed by atoms with Crippen molar-refractivity contribution in [2.24, 2.45) is 0 Å². The van der Waals surface area contributed by atoms with Crippen molar-refractivity contribution >= 4 is 11.8 Å². The third kappa shape index (κ3) is 2.11. The summed E-state index contributed by atoms with van der Waals surface area (Å²) in [6.45, 7) is 3.18. The highest BCUT2D eigenvalue weighted by Gasteiger charge is 2.25. The lowest BCUT2D eigenvalue weighted by molar-refractivity contribution is 0.0518. The Morgan fingerprint density at radius 2 is 2.31 bits per heavy atom. The zero-order valence-corrected chi connectivity index (χ0v) is 8.96. The third-order valence-corrected chi connectivity index (χ3v) is 2.32. The minimum atomic E-state index is -0.467. The number of aliphatic hydroxyl groups excluding tert-OH is 1. The molecule has 6 nitrogen and oxygen atoms in total. The van der Waals surface area contributed by atoms with E-state index in [0.717, 1.165) is 0 Å². The molecule has 0 saturated carbocycles. The van der Waals surface area contributed by atoms with Gasteiger partial charge < -0.3 is 14.7 Å². The van der Waals surface area contributed by atoms with E-state index in [-0.39, 0.29) is 11.8 Å². The van der Waals surface area contributed by atoms with Gasteiger partial charge in [-0.05, 0) is 19.1 Å². The van der Waals surface area contributed by atoms with Crippen molar-refractivity contribution in [3.63, 3.8) is 0 Å². The second-order valence-corrected chi connectivity index (χ2v) is 3.56. The minimum absolute atomic E-state index is 0.201. The SMILES string of the molecule is CCOC(=O)c1ccc(N2CC(O)C2)nn1. The number of anilines is 1. The number of esters is 1. The van der Waals surface area contributed by atoms with E-state index in [1.807, 2.05) is 4.90 Å². The highest BCUT2D eigenvalue weighted by molar-refractivity contribution is 5.87. The molecule has 16 heavy (non-hydrogen) atoms. The molecular formula is C10H13N3O3. The predicted molar refractivity (Wildman–Crippen MR) is 56.2 cm³/mol. The molecule has 0 aliphatic carbocycles. The number of hydrogen-bond acceptors (Lipinski definition) is 6. The fourth-order valence-corrected chi connectivity index (χ4v) is 1.45. The van der Waals surface area contributed by atoms with Gasteiger partial charge >= 0.3 is 5.97 Å². The van der Waals surface area contributed by atoms with Crippen LogP contribution in [0.3, 0.4) is 0 Å². The largest absolute Gasteiger partial charge is 0.461 e. The summed E-state index contributed by atoms with van der Waals surface area (Å²) < 4.78 is 4.79. The molecule has 2 heterocycles. The zero-order chi connectivity index (χ0) is 11.5. The lowest BCUT2D eigenvalue weighted by atomic mass is 10.2. The highest BCUT2D eigenvalue weighted by atomic mass is 16.5. The number of β-amino-alcohol motifs (C(OH)–C–C–N with tert-alkyl or cyclic N) is 1. The summed E-state index contributed by atoms with van der Waals surface area (Å²) in [5, 5.41) is 16.8. The Bertz CT molecular complexity index is 373. The van der Waals surface area contributed by atoms with E-state index in [1.165, 1.54) is 0 Å². The number of rotatable bonds is 3. The summed E-state index contributed by atoms with van der Waals surface area (Å²) in [7, 11) is 0. The van der Waals surface area contributed by atoms with Crippen LogP contribution in [0.15, 0.2) is 12.1 Å². The average Bonchev–Trinajstić information content (AvgIpc) is 2.25. The molecule has 0 unspecified atom stereocenters. The molecule has 1 aliphatic rings. The molecule has 1 N–H and O–H groups in total. The van der Waals surface area contributed by atoms with Crippen LogP contribution in [0.5, 0.6) is 0 Å². The minimum Gasteiger partial charge on any atom is -0.461 e. The van der Waals surface area contributed by atoms with Gasteiger partial charge in [0.1, 0.15) is 0 Å². The molecule has 0 radical (unpaired) electrons. The Morgan fingerprint density at radius 3 is 2.81 bits per heavy atom. The second-order valence-electron chi connectivity index (χ2n) is 3.56. The molecule has 1 aromatic rings. The number of aliphatic hydroxyl groups is 1. The summed E-state index contributed by atoms with van der Waals surface area (Å²) in [6.07, 6.45) is -0.286. The third-order valence-electron chi connectivity index (χ3n) is 2.32. The first-order chi connectivity index (χ1) is 7.70. The van der Waals surface area contributed by atoms with Crippen molar-refractivity contribution in [2.75, 3.05) is 24.6 Å². The van der Waals surface area contributed by atoms with Gasteiger partial charge in [-0.3, -0.25) is 0 Å². The summed E-state index contributed by atoms with van der Waals surface area (Å²) in [4.78, 5) is 13.2. The zero-order valence-electron chi connectivity index (χ0n) is 8.96. The van der Waals surface area contributed by atoms with Gasteiger partial charge in [-0.2, -0.15) is 0 Å². The maximum Gasteiger partial charge on any atom is 0.358 e. The molecule has 1 aliphatic heterocycles. The van der Waals surface area contributed by atoms with Gasteiger partial charge in [-0.1, -0.05) is 0 Å². The number of ether oxygens (including phenoxy) is 1. The van der Waals surface area contributed by atoms with Crippen LogP contribution in [0.2, 0.25) is 0 Å². The van der Waals surface area contributed by atoms with Gasteiger partial charge in [0.15, 0.2) is 11.5 Å². The first-order valence-electron chi connectivity index (χ1n) is 5.14. The van der Waals surface area contributed by atoms with Crippen molar-refractivity contribution in [1.82, 2.24) is 10.2 Å². The Balaban J connectivity index is 2.02. The number of hydrogen-bond donors (Lipinski definition) is 1. The van der Waals surface area contributed by atoms with Crippen LogP contribution in [-0.2, 0) is 4.74 Å². The first-order valence-corrected chi connectivity index (χ1v) is 5.14. The number of carbonyl (C=O) groups excluding carboxylic acids is 1. The van der Waals surface area contributed by atoms with Gasteiger partial charge in [0.2, 0.25) is 0 Å². The maximum atomic E-state index is 11.3. The van der Waals surface area contributed by atoms with E-state index in [9.17, 15) is 4.79 Å². The summed E-state index contributed by atoms with van der Waals surface area (Å²) in [6, 6.07) is 3.27. The number of carbonyl (C=O) groups is 1. The molecule has 86 valence electrons. The smallest absolute Gasteiger partial charge is 0.358 e. The maximum absolute atomic E-state index is 11.3. The molecular weight excluding hydrogens is 210 g/mol. The lowest BCUT2D eigenvalue weighted by Gasteiger charge is -2.36. The van der Waals surface area contributed by atoms with Crippen molar-refractivity contribution in [2.45, 2.75) is 13.0 Å². The van der Waals surface area contributed by atoms with Crippen LogP contribution in [0.25, 0.3) is 0 Å². The monoisotopic (exact) mass is 223 g/mol. The van der Waals surface area contributed by atoms with E-state index in [0.29, 0.717) is 25.5 Å². The lowest BCUT2D eigenvalue weighted by Crippen LogP contribution is -2.51. The van der Waals surface area contributed by atoms with Crippen LogP contribution in [0, 0.1) is 0 Å². The van der Waals surface area contributed by atoms with Crippen LogP contribution in [0.1, 0.15) is 17.4 Å². The second kappa shape index (κ2) is 4.44. The predicted octanol–water partition coefficient (Wildman–Crippen LogP) is -0.166. The molecule has 1 fully saturated rings. The highest BCUT2D eigenvalue weighted by Crippen LogP contribution is 2.17. The summed E-state index contributed by atoms with van der Waals surface area (Å²) in [5.41, 5.74) is 0.201. The molecule has 0 aromatic carbocycles. The van der Waals surface area contributed by atoms with E-state index < -0.39 is 5.97 Å². The fourth-order valence-electron chi connectivity index (χ4n) is 1.45. The topological polar surface area (TPSA) is 75.5 Å². The van der Waals surface area contributed by atoms with Crippen LogP contribution >= 0.6 is 0 Å². The van der Waals surface area contributed by atoms with Crippen LogP contribution < -0.4 is 4.90 Å². The van der Waals surface area contributed by atoms with Crippen molar-refractivity contribution in [3.8, 4) is 0 Å². The first kappa shape index (κ1) is 10.8. The Morgan fingerprint density at radius 1 is 1.56 bits per heavy atom.